The molecular formula is C18H24N4O2. The summed E-state index contributed by atoms with van der Waals surface area (Å²) in [6, 6.07) is 9.48. The van der Waals surface area contributed by atoms with Crippen LogP contribution in [0, 0.1) is 0 Å². The summed E-state index contributed by atoms with van der Waals surface area (Å²) in [6.45, 7) is 5.45. The van der Waals surface area contributed by atoms with Crippen LogP contribution in [0.4, 0.5) is 0 Å². The van der Waals surface area contributed by atoms with E-state index in [0.29, 0.717) is 19.6 Å². The monoisotopic (exact) mass is 328 g/mol. The molecule has 6 heteroatoms. The second-order valence-electron chi connectivity index (χ2n) is 6.24. The van der Waals surface area contributed by atoms with Gasteiger partial charge in [0, 0.05) is 45.1 Å². The van der Waals surface area contributed by atoms with Crippen LogP contribution in [-0.4, -0.2) is 63.1 Å². The number of benzene rings is 1. The lowest BCUT2D eigenvalue weighted by Gasteiger charge is -2.36. The number of carbonyl (C=O) groups excluding carboxylic acids is 1. The summed E-state index contributed by atoms with van der Waals surface area (Å²) < 4.78 is 1.83. The molecule has 1 N–H and O–H groups in total. The van der Waals surface area contributed by atoms with Crippen molar-refractivity contribution in [3.05, 3.63) is 54.6 Å². The maximum atomic E-state index is 12.6. The third kappa shape index (κ3) is 3.83. The van der Waals surface area contributed by atoms with E-state index in [-0.39, 0.29) is 11.9 Å². The molecule has 3 rings (SSSR count). The highest BCUT2D eigenvalue weighted by Crippen LogP contribution is 2.16. The maximum absolute atomic E-state index is 12.6. The van der Waals surface area contributed by atoms with E-state index in [1.54, 1.807) is 12.5 Å². The number of hydrogen-bond donors (Lipinski definition) is 1. The summed E-state index contributed by atoms with van der Waals surface area (Å²) in [7, 11) is 0. The molecule has 1 aromatic carbocycles. The zero-order valence-electron chi connectivity index (χ0n) is 14.0. The minimum Gasteiger partial charge on any atom is -0.387 e. The molecule has 1 aliphatic heterocycles. The number of amides is 1. The maximum Gasteiger partial charge on any atom is 0.245 e. The first kappa shape index (κ1) is 16.7. The second-order valence-corrected chi connectivity index (χ2v) is 6.24. The number of aliphatic hydroxyl groups excluding tert-OH is 1. The van der Waals surface area contributed by atoms with Crippen LogP contribution in [0.1, 0.15) is 24.6 Å². The third-order valence-corrected chi connectivity index (χ3v) is 4.63. The average molecular weight is 328 g/mol. The van der Waals surface area contributed by atoms with Gasteiger partial charge in [0.1, 0.15) is 6.04 Å². The van der Waals surface area contributed by atoms with Gasteiger partial charge in [-0.25, -0.2) is 4.98 Å². The van der Waals surface area contributed by atoms with Crippen LogP contribution in [-0.2, 0) is 4.79 Å². The number of rotatable bonds is 5. The summed E-state index contributed by atoms with van der Waals surface area (Å²) in [4.78, 5) is 20.7. The molecule has 1 aromatic heterocycles. The quantitative estimate of drug-likeness (QED) is 0.899. The van der Waals surface area contributed by atoms with Crippen molar-refractivity contribution in [3.8, 4) is 0 Å². The van der Waals surface area contributed by atoms with Crippen molar-refractivity contribution in [1.82, 2.24) is 19.4 Å². The largest absolute Gasteiger partial charge is 0.387 e. The predicted molar refractivity (Wildman–Crippen MR) is 91.4 cm³/mol. The Bertz CT molecular complexity index is 636. The standard InChI is InChI=1S/C18H24N4O2/c1-15(22-8-7-19-14-22)18(24)21-11-9-20(10-12-21)13-17(23)16-5-3-2-4-6-16/h2-8,14-15,17,23H,9-13H2,1H3/t15-,17-/m0/s1. The highest BCUT2D eigenvalue weighted by atomic mass is 16.3. The van der Waals surface area contributed by atoms with E-state index in [1.165, 1.54) is 0 Å². The fourth-order valence-electron chi connectivity index (χ4n) is 3.07. The Morgan fingerprint density at radius 2 is 1.92 bits per heavy atom. The third-order valence-electron chi connectivity index (χ3n) is 4.63. The molecule has 1 saturated heterocycles. The van der Waals surface area contributed by atoms with Gasteiger partial charge in [0.05, 0.1) is 12.4 Å². The average Bonchev–Trinajstić information content (AvgIpc) is 3.16. The van der Waals surface area contributed by atoms with E-state index in [1.807, 2.05) is 52.9 Å². The lowest BCUT2D eigenvalue weighted by molar-refractivity contribution is -0.136. The van der Waals surface area contributed by atoms with Crippen LogP contribution in [0.3, 0.4) is 0 Å². The van der Waals surface area contributed by atoms with Gasteiger partial charge in [-0.3, -0.25) is 9.69 Å². The van der Waals surface area contributed by atoms with Crippen molar-refractivity contribution in [1.29, 1.82) is 0 Å². The normalized spacial score (nSPS) is 18.3. The molecule has 1 fully saturated rings. The minimum absolute atomic E-state index is 0.122. The fourth-order valence-corrected chi connectivity index (χ4v) is 3.07. The first-order valence-corrected chi connectivity index (χ1v) is 8.37. The lowest BCUT2D eigenvalue weighted by atomic mass is 10.1. The van der Waals surface area contributed by atoms with Gasteiger partial charge in [0.2, 0.25) is 5.91 Å². The Morgan fingerprint density at radius 3 is 2.54 bits per heavy atom. The summed E-state index contributed by atoms with van der Waals surface area (Å²) >= 11 is 0. The number of imidazole rings is 1. The van der Waals surface area contributed by atoms with Gasteiger partial charge in [0.15, 0.2) is 0 Å². The summed E-state index contributed by atoms with van der Waals surface area (Å²) in [5, 5.41) is 10.3. The van der Waals surface area contributed by atoms with Crippen molar-refractivity contribution in [2.24, 2.45) is 0 Å². The van der Waals surface area contributed by atoms with E-state index < -0.39 is 6.10 Å². The second kappa shape index (κ2) is 7.59. The van der Waals surface area contributed by atoms with E-state index in [4.69, 9.17) is 0 Å². The molecule has 24 heavy (non-hydrogen) atoms. The minimum atomic E-state index is -0.488. The van der Waals surface area contributed by atoms with Gasteiger partial charge in [-0.1, -0.05) is 30.3 Å². The van der Waals surface area contributed by atoms with Crippen LogP contribution in [0.15, 0.2) is 49.1 Å². The molecule has 2 heterocycles. The summed E-state index contributed by atoms with van der Waals surface area (Å²) in [5.74, 6) is 0.122. The predicted octanol–water partition coefficient (Wildman–Crippen LogP) is 1.32. The van der Waals surface area contributed by atoms with Crippen LogP contribution in [0.5, 0.6) is 0 Å². The number of piperazine rings is 1. The molecule has 0 bridgehead atoms. The van der Waals surface area contributed by atoms with Crippen LogP contribution < -0.4 is 0 Å². The first-order chi connectivity index (χ1) is 11.6. The number of aromatic nitrogens is 2. The smallest absolute Gasteiger partial charge is 0.245 e. The molecule has 128 valence electrons. The van der Waals surface area contributed by atoms with Crippen LogP contribution in [0.25, 0.3) is 0 Å². The Labute approximate surface area is 142 Å². The van der Waals surface area contributed by atoms with Crippen LogP contribution >= 0.6 is 0 Å². The van der Waals surface area contributed by atoms with Gasteiger partial charge in [-0.05, 0) is 12.5 Å². The van der Waals surface area contributed by atoms with Crippen molar-refractivity contribution < 1.29 is 9.90 Å². The Morgan fingerprint density at radius 1 is 1.21 bits per heavy atom. The van der Waals surface area contributed by atoms with Crippen LogP contribution in [0.2, 0.25) is 0 Å². The van der Waals surface area contributed by atoms with E-state index >= 15 is 0 Å². The summed E-state index contributed by atoms with van der Waals surface area (Å²) in [6.07, 6.45) is 4.69. The molecule has 2 aromatic rings. The number of hydrogen-bond acceptors (Lipinski definition) is 4. The van der Waals surface area contributed by atoms with Gasteiger partial charge < -0.3 is 14.6 Å². The van der Waals surface area contributed by atoms with E-state index in [0.717, 1.165) is 18.7 Å². The molecule has 0 aliphatic carbocycles. The highest BCUT2D eigenvalue weighted by Gasteiger charge is 2.26. The Hall–Kier alpha value is -2.18. The number of β-amino-alcohol motifs (C(OH)–C–C–N with tert-alkyl or cyclic N) is 1. The number of nitrogens with zero attached hydrogens (tertiary/aromatic N) is 4. The van der Waals surface area contributed by atoms with Crippen molar-refractivity contribution in [2.75, 3.05) is 32.7 Å². The molecule has 6 nitrogen and oxygen atoms in total. The molecule has 0 saturated carbocycles. The van der Waals surface area contributed by atoms with Gasteiger partial charge in [0.25, 0.3) is 0 Å². The Kier molecular flexibility index (Phi) is 5.27. The van der Waals surface area contributed by atoms with Crippen molar-refractivity contribution in [3.63, 3.8) is 0 Å². The lowest BCUT2D eigenvalue weighted by Crippen LogP contribution is -2.50. The zero-order valence-corrected chi connectivity index (χ0v) is 14.0. The van der Waals surface area contributed by atoms with Gasteiger partial charge >= 0.3 is 0 Å². The molecule has 1 aliphatic rings. The van der Waals surface area contributed by atoms with Gasteiger partial charge in [-0.2, -0.15) is 0 Å². The molecule has 2 atom stereocenters. The summed E-state index contributed by atoms with van der Waals surface area (Å²) in [5.41, 5.74) is 0.935. The number of aliphatic hydroxyl groups is 1. The Balaban J connectivity index is 1.50. The molecule has 1 amide bonds. The molecular weight excluding hydrogens is 304 g/mol. The highest BCUT2D eigenvalue weighted by molar-refractivity contribution is 5.80. The van der Waals surface area contributed by atoms with Crippen molar-refractivity contribution >= 4 is 5.91 Å². The number of carbonyl (C=O) groups is 1. The van der Waals surface area contributed by atoms with E-state index in [2.05, 4.69) is 9.88 Å². The molecule has 0 unspecified atom stereocenters. The fraction of sp³-hybridized carbons (Fsp3) is 0.444. The zero-order chi connectivity index (χ0) is 16.9. The molecule has 0 radical (unpaired) electrons. The van der Waals surface area contributed by atoms with Gasteiger partial charge in [-0.15, -0.1) is 0 Å². The SMILES string of the molecule is C[C@@H](C(=O)N1CCN(C[C@H](O)c2ccccc2)CC1)n1ccnc1. The first-order valence-electron chi connectivity index (χ1n) is 8.37. The molecule has 0 spiro atoms. The topological polar surface area (TPSA) is 61.6 Å². The van der Waals surface area contributed by atoms with E-state index in [9.17, 15) is 9.90 Å². The van der Waals surface area contributed by atoms with Crippen molar-refractivity contribution in [2.45, 2.75) is 19.1 Å².